The molecule has 0 saturated heterocycles. The number of methoxy groups -OCH3 is 1. The van der Waals surface area contributed by atoms with Crippen LogP contribution in [0.5, 0.6) is 0 Å². The van der Waals surface area contributed by atoms with Gasteiger partial charge in [0, 0.05) is 37.7 Å². The molecule has 1 heterocycles. The maximum Gasteiger partial charge on any atom is 0.245 e. The number of hydrogen-bond donors (Lipinski definition) is 3. The van der Waals surface area contributed by atoms with Crippen LogP contribution in [0.3, 0.4) is 0 Å². The summed E-state index contributed by atoms with van der Waals surface area (Å²) in [6.07, 6.45) is 5.87. The van der Waals surface area contributed by atoms with Gasteiger partial charge in [-0.2, -0.15) is 5.10 Å². The molecule has 0 spiro atoms. The number of aromatic nitrogens is 2. The number of hydroxylamine groups is 1. The minimum atomic E-state index is -0.437. The second-order valence-electron chi connectivity index (χ2n) is 5.61. The van der Waals surface area contributed by atoms with Crippen LogP contribution in [-0.2, 0) is 22.5 Å². The second kappa shape index (κ2) is 13.3. The van der Waals surface area contributed by atoms with Crippen molar-refractivity contribution < 1.29 is 19.8 Å². The standard InChI is InChI=1S/C12H16ClNO3.C6H10N2O/c1-17-11(8-12(15)14-16)7-4-9-2-5-10(13)6-3-9;9-6-2-5-8-4-1-3-7-8/h2-3,5-6,11,16H,4,7-8H2,1H3,(H,14,15);1,3-4,9H,2,5-6H2. The number of carbonyl (C=O) groups is 1. The lowest BCUT2D eigenvalue weighted by Gasteiger charge is -2.13. The first-order chi connectivity index (χ1) is 12.6. The number of aliphatic hydroxyl groups excluding tert-OH is 1. The predicted octanol–water partition coefficient (Wildman–Crippen LogP) is 2.45. The molecule has 2 aromatic rings. The van der Waals surface area contributed by atoms with Crippen molar-refractivity contribution in [2.75, 3.05) is 13.7 Å². The Morgan fingerprint density at radius 3 is 2.65 bits per heavy atom. The number of aliphatic hydroxyl groups is 1. The molecule has 0 aliphatic rings. The van der Waals surface area contributed by atoms with Crippen LogP contribution in [0.15, 0.2) is 42.7 Å². The Hall–Kier alpha value is -1.93. The van der Waals surface area contributed by atoms with Crippen molar-refractivity contribution in [1.29, 1.82) is 0 Å². The Morgan fingerprint density at radius 2 is 2.12 bits per heavy atom. The summed E-state index contributed by atoms with van der Waals surface area (Å²) in [4.78, 5) is 11.0. The molecule has 1 aromatic carbocycles. The Bertz CT molecular complexity index is 605. The molecule has 1 aromatic heterocycles. The molecule has 0 fully saturated rings. The third-order valence-electron chi connectivity index (χ3n) is 3.64. The minimum Gasteiger partial charge on any atom is -0.396 e. The van der Waals surface area contributed by atoms with Gasteiger partial charge in [0.05, 0.1) is 12.5 Å². The van der Waals surface area contributed by atoms with E-state index in [-0.39, 0.29) is 19.1 Å². The minimum absolute atomic E-state index is 0.153. The van der Waals surface area contributed by atoms with E-state index in [1.54, 1.807) is 23.5 Å². The molecular formula is C18H26ClN3O4. The zero-order valence-corrected chi connectivity index (χ0v) is 15.6. The summed E-state index contributed by atoms with van der Waals surface area (Å²) in [5, 5.41) is 21.5. The average Bonchev–Trinajstić information content (AvgIpc) is 3.18. The zero-order chi connectivity index (χ0) is 19.2. The van der Waals surface area contributed by atoms with Gasteiger partial charge < -0.3 is 9.84 Å². The van der Waals surface area contributed by atoms with E-state index in [9.17, 15) is 4.79 Å². The predicted molar refractivity (Wildman–Crippen MR) is 99.0 cm³/mol. The van der Waals surface area contributed by atoms with Gasteiger partial charge in [-0.3, -0.25) is 14.7 Å². The molecule has 0 aliphatic carbocycles. The number of nitrogens with one attached hydrogen (secondary N) is 1. The number of carbonyl (C=O) groups excluding carboxylic acids is 1. The molecule has 8 heteroatoms. The second-order valence-corrected chi connectivity index (χ2v) is 6.04. The molecule has 144 valence electrons. The van der Waals surface area contributed by atoms with Crippen LogP contribution in [0, 0.1) is 0 Å². The molecule has 3 N–H and O–H groups in total. The van der Waals surface area contributed by atoms with Gasteiger partial charge in [-0.05, 0) is 43.0 Å². The van der Waals surface area contributed by atoms with Gasteiger partial charge in [0.15, 0.2) is 0 Å². The number of halogens is 1. The number of rotatable bonds is 9. The van der Waals surface area contributed by atoms with Crippen molar-refractivity contribution in [1.82, 2.24) is 15.3 Å². The molecule has 2 rings (SSSR count). The molecule has 1 atom stereocenters. The number of ether oxygens (including phenoxy) is 1. The number of aryl methyl sites for hydroxylation is 2. The number of benzene rings is 1. The molecule has 1 amide bonds. The highest BCUT2D eigenvalue weighted by molar-refractivity contribution is 6.30. The van der Waals surface area contributed by atoms with E-state index in [1.807, 2.05) is 36.5 Å². The molecule has 1 unspecified atom stereocenters. The highest BCUT2D eigenvalue weighted by Gasteiger charge is 2.12. The number of nitrogens with zero attached hydrogens (tertiary/aromatic N) is 2. The van der Waals surface area contributed by atoms with Crippen LogP contribution < -0.4 is 5.48 Å². The maximum atomic E-state index is 11.0. The summed E-state index contributed by atoms with van der Waals surface area (Å²) in [6, 6.07) is 9.43. The van der Waals surface area contributed by atoms with Gasteiger partial charge in [0.25, 0.3) is 0 Å². The summed E-state index contributed by atoms with van der Waals surface area (Å²) >= 11 is 5.78. The Balaban J connectivity index is 0.000000314. The van der Waals surface area contributed by atoms with E-state index < -0.39 is 5.91 Å². The van der Waals surface area contributed by atoms with Crippen LogP contribution >= 0.6 is 11.6 Å². The molecule has 0 bridgehead atoms. The van der Waals surface area contributed by atoms with E-state index in [0.29, 0.717) is 11.4 Å². The molecule has 0 aliphatic heterocycles. The van der Waals surface area contributed by atoms with E-state index in [4.69, 9.17) is 26.7 Å². The lowest BCUT2D eigenvalue weighted by atomic mass is 10.0. The third-order valence-corrected chi connectivity index (χ3v) is 3.90. The van der Waals surface area contributed by atoms with Gasteiger partial charge in [-0.1, -0.05) is 23.7 Å². The summed E-state index contributed by atoms with van der Waals surface area (Å²) in [5.74, 6) is -0.437. The maximum absolute atomic E-state index is 11.0. The van der Waals surface area contributed by atoms with Gasteiger partial charge in [0.1, 0.15) is 0 Å². The van der Waals surface area contributed by atoms with Crippen LogP contribution in [0.1, 0.15) is 24.8 Å². The monoisotopic (exact) mass is 383 g/mol. The Morgan fingerprint density at radius 1 is 1.38 bits per heavy atom. The Labute approximate surface area is 158 Å². The molecule has 0 saturated carbocycles. The van der Waals surface area contributed by atoms with Gasteiger partial charge in [-0.15, -0.1) is 0 Å². The summed E-state index contributed by atoms with van der Waals surface area (Å²) in [6.45, 7) is 1.04. The van der Waals surface area contributed by atoms with Crippen LogP contribution in [0.25, 0.3) is 0 Å². The van der Waals surface area contributed by atoms with Gasteiger partial charge >= 0.3 is 0 Å². The average molecular weight is 384 g/mol. The van der Waals surface area contributed by atoms with Crippen molar-refractivity contribution >= 4 is 17.5 Å². The zero-order valence-electron chi connectivity index (χ0n) is 14.8. The van der Waals surface area contributed by atoms with E-state index in [2.05, 4.69) is 5.10 Å². The quantitative estimate of drug-likeness (QED) is 0.456. The number of hydrogen-bond acceptors (Lipinski definition) is 5. The smallest absolute Gasteiger partial charge is 0.245 e. The highest BCUT2D eigenvalue weighted by Crippen LogP contribution is 2.13. The highest BCUT2D eigenvalue weighted by atomic mass is 35.5. The lowest BCUT2D eigenvalue weighted by Crippen LogP contribution is -2.25. The fraction of sp³-hybridized carbons (Fsp3) is 0.444. The summed E-state index contributed by atoms with van der Waals surface area (Å²) < 4.78 is 6.97. The summed E-state index contributed by atoms with van der Waals surface area (Å²) in [5.41, 5.74) is 2.74. The van der Waals surface area contributed by atoms with E-state index in [0.717, 1.165) is 24.9 Å². The van der Waals surface area contributed by atoms with Crippen molar-refractivity contribution in [2.45, 2.75) is 38.3 Å². The fourth-order valence-corrected chi connectivity index (χ4v) is 2.33. The van der Waals surface area contributed by atoms with Crippen molar-refractivity contribution in [3.63, 3.8) is 0 Å². The van der Waals surface area contributed by atoms with Crippen LogP contribution in [0.2, 0.25) is 5.02 Å². The first-order valence-corrected chi connectivity index (χ1v) is 8.75. The van der Waals surface area contributed by atoms with Crippen LogP contribution in [-0.4, -0.2) is 45.8 Å². The first-order valence-electron chi connectivity index (χ1n) is 8.37. The number of amides is 1. The van der Waals surface area contributed by atoms with Gasteiger partial charge in [0.2, 0.25) is 5.91 Å². The van der Waals surface area contributed by atoms with Gasteiger partial charge in [-0.25, -0.2) is 5.48 Å². The van der Waals surface area contributed by atoms with Crippen molar-refractivity contribution in [3.8, 4) is 0 Å². The molecule has 26 heavy (non-hydrogen) atoms. The van der Waals surface area contributed by atoms with E-state index in [1.165, 1.54) is 0 Å². The SMILES string of the molecule is COC(CCc1ccc(Cl)cc1)CC(=O)NO.OCCCn1cccn1. The van der Waals surface area contributed by atoms with E-state index >= 15 is 0 Å². The fourth-order valence-electron chi connectivity index (χ4n) is 2.20. The normalized spacial score (nSPS) is 11.4. The molecule has 0 radical (unpaired) electrons. The Kier molecular flexibility index (Phi) is 11.3. The van der Waals surface area contributed by atoms with Crippen molar-refractivity contribution in [2.24, 2.45) is 0 Å². The topological polar surface area (TPSA) is 96.6 Å². The summed E-state index contributed by atoms with van der Waals surface area (Å²) in [7, 11) is 1.55. The molecular weight excluding hydrogens is 358 g/mol. The van der Waals surface area contributed by atoms with Crippen molar-refractivity contribution in [3.05, 3.63) is 53.3 Å². The molecule has 7 nitrogen and oxygen atoms in total. The third kappa shape index (κ3) is 9.53. The first kappa shape index (κ1) is 22.1. The lowest BCUT2D eigenvalue weighted by molar-refractivity contribution is -0.131. The van der Waals surface area contributed by atoms with Crippen LogP contribution in [0.4, 0.5) is 0 Å². The largest absolute Gasteiger partial charge is 0.396 e.